The van der Waals surface area contributed by atoms with E-state index in [0.717, 1.165) is 19.2 Å². The van der Waals surface area contributed by atoms with Crippen LogP contribution in [0, 0.1) is 11.6 Å². The van der Waals surface area contributed by atoms with Crippen molar-refractivity contribution in [2.24, 2.45) is 0 Å². The Labute approximate surface area is 136 Å². The average molecular weight is 357 g/mol. The van der Waals surface area contributed by atoms with Crippen LogP contribution in [0.15, 0.2) is 47.5 Å². The predicted octanol–water partition coefficient (Wildman–Crippen LogP) is 3.92. The highest BCUT2D eigenvalue weighted by atomic mass is 35.5. The van der Waals surface area contributed by atoms with Crippen molar-refractivity contribution < 1.29 is 17.2 Å². The van der Waals surface area contributed by atoms with Gasteiger partial charge < -0.3 is 4.98 Å². The molecule has 1 N–H and O–H groups in total. The van der Waals surface area contributed by atoms with Gasteiger partial charge in [-0.15, -0.1) is 0 Å². The molecule has 4 nitrogen and oxygen atoms in total. The third kappa shape index (κ3) is 2.55. The molecular weight excluding hydrogens is 346 g/mol. The highest BCUT2D eigenvalue weighted by molar-refractivity contribution is 7.93. The van der Waals surface area contributed by atoms with Gasteiger partial charge in [0.05, 0.1) is 0 Å². The number of H-pyrrole nitrogens is 1. The number of aromatic amines is 1. The first-order chi connectivity index (χ1) is 10.8. The molecule has 0 fully saturated rings. The Morgan fingerprint density at radius 3 is 2.43 bits per heavy atom. The maximum absolute atomic E-state index is 13.9. The quantitative estimate of drug-likeness (QED) is 0.773. The van der Waals surface area contributed by atoms with Crippen LogP contribution in [0.5, 0.6) is 0 Å². The molecule has 3 aromatic rings. The second kappa shape index (κ2) is 5.50. The number of hydrogen-bond donors (Lipinski definition) is 1. The number of anilines is 1. The standard InChI is InChI=1S/C15H11ClF2N2O2S/c1-20(15-11(17)3-2-4-12(15)18)23(21,22)14-8-19-13-7-9(16)5-6-10(13)14/h2-8,19H,1H3. The van der Waals surface area contributed by atoms with E-state index in [2.05, 4.69) is 4.98 Å². The van der Waals surface area contributed by atoms with Crippen molar-refractivity contribution in [3.63, 3.8) is 0 Å². The molecule has 0 saturated carbocycles. The van der Waals surface area contributed by atoms with Crippen LogP contribution in [0.3, 0.4) is 0 Å². The van der Waals surface area contributed by atoms with Gasteiger partial charge in [-0.1, -0.05) is 17.7 Å². The third-order valence-electron chi connectivity index (χ3n) is 3.50. The van der Waals surface area contributed by atoms with Crippen molar-refractivity contribution in [2.45, 2.75) is 4.90 Å². The predicted molar refractivity (Wildman–Crippen MR) is 85.3 cm³/mol. The second-order valence-electron chi connectivity index (χ2n) is 4.89. The van der Waals surface area contributed by atoms with E-state index >= 15 is 0 Å². The molecule has 23 heavy (non-hydrogen) atoms. The van der Waals surface area contributed by atoms with Crippen LogP contribution < -0.4 is 4.31 Å². The van der Waals surface area contributed by atoms with E-state index in [-0.39, 0.29) is 4.90 Å². The van der Waals surface area contributed by atoms with Gasteiger partial charge in [0.2, 0.25) is 0 Å². The van der Waals surface area contributed by atoms with Gasteiger partial charge in [0.15, 0.2) is 11.6 Å². The molecule has 0 amide bonds. The molecule has 0 bridgehead atoms. The molecule has 0 aliphatic heterocycles. The molecule has 0 aliphatic carbocycles. The summed E-state index contributed by atoms with van der Waals surface area (Å²) < 4.78 is 53.8. The van der Waals surface area contributed by atoms with Crippen molar-refractivity contribution >= 4 is 38.2 Å². The van der Waals surface area contributed by atoms with Gasteiger partial charge in [0, 0.05) is 29.2 Å². The summed E-state index contributed by atoms with van der Waals surface area (Å²) in [5.74, 6) is -1.92. The summed E-state index contributed by atoms with van der Waals surface area (Å²) in [6.45, 7) is 0. The normalized spacial score (nSPS) is 11.8. The van der Waals surface area contributed by atoms with Crippen molar-refractivity contribution in [3.05, 3.63) is 59.3 Å². The van der Waals surface area contributed by atoms with E-state index in [1.54, 1.807) is 12.1 Å². The van der Waals surface area contributed by atoms with Gasteiger partial charge in [-0.25, -0.2) is 17.2 Å². The van der Waals surface area contributed by atoms with E-state index in [0.29, 0.717) is 20.2 Å². The van der Waals surface area contributed by atoms with E-state index in [9.17, 15) is 17.2 Å². The first-order valence-electron chi connectivity index (χ1n) is 6.52. The first kappa shape index (κ1) is 15.8. The Hall–Kier alpha value is -2.12. The van der Waals surface area contributed by atoms with E-state index in [1.807, 2.05) is 0 Å². The molecule has 0 spiro atoms. The smallest absolute Gasteiger partial charge is 0.266 e. The molecule has 2 aromatic carbocycles. The lowest BCUT2D eigenvalue weighted by Crippen LogP contribution is -2.28. The summed E-state index contributed by atoms with van der Waals surface area (Å²) in [5.41, 5.74) is -0.116. The molecule has 120 valence electrons. The highest BCUT2D eigenvalue weighted by Gasteiger charge is 2.28. The van der Waals surface area contributed by atoms with E-state index in [4.69, 9.17) is 11.6 Å². The number of nitrogens with one attached hydrogen (secondary N) is 1. The summed E-state index contributed by atoms with van der Waals surface area (Å²) in [7, 11) is -3.05. The zero-order valence-corrected chi connectivity index (χ0v) is 13.4. The van der Waals surface area contributed by atoms with Crippen LogP contribution in [0.1, 0.15) is 0 Å². The molecule has 0 saturated heterocycles. The maximum Gasteiger partial charge on any atom is 0.266 e. The first-order valence-corrected chi connectivity index (χ1v) is 8.34. The van der Waals surface area contributed by atoms with Gasteiger partial charge in [0.25, 0.3) is 10.0 Å². The van der Waals surface area contributed by atoms with Gasteiger partial charge >= 0.3 is 0 Å². The molecule has 1 heterocycles. The van der Waals surface area contributed by atoms with Gasteiger partial charge in [-0.3, -0.25) is 4.31 Å². The lowest BCUT2D eigenvalue weighted by Gasteiger charge is -2.20. The fourth-order valence-electron chi connectivity index (χ4n) is 2.34. The number of benzene rings is 2. The van der Waals surface area contributed by atoms with Crippen LogP contribution in [0.25, 0.3) is 10.9 Å². The minimum Gasteiger partial charge on any atom is -0.360 e. The number of nitrogens with zero attached hydrogens (tertiary/aromatic N) is 1. The topological polar surface area (TPSA) is 53.2 Å². The van der Waals surface area contributed by atoms with E-state index < -0.39 is 27.3 Å². The number of rotatable bonds is 3. The monoisotopic (exact) mass is 356 g/mol. The lowest BCUT2D eigenvalue weighted by atomic mass is 10.2. The number of halogens is 3. The molecule has 8 heteroatoms. The van der Waals surface area contributed by atoms with Gasteiger partial charge in [-0.2, -0.15) is 0 Å². The summed E-state index contributed by atoms with van der Waals surface area (Å²) in [6.07, 6.45) is 1.27. The lowest BCUT2D eigenvalue weighted by molar-refractivity contribution is 0.572. The Bertz CT molecular complexity index is 982. The molecular formula is C15H11ClF2N2O2S. The van der Waals surface area contributed by atoms with Crippen LogP contribution in [0.2, 0.25) is 5.02 Å². The number of aromatic nitrogens is 1. The molecule has 0 atom stereocenters. The molecule has 1 aromatic heterocycles. The largest absolute Gasteiger partial charge is 0.360 e. The Morgan fingerprint density at radius 1 is 1.13 bits per heavy atom. The molecule has 3 rings (SSSR count). The van der Waals surface area contributed by atoms with Crippen molar-refractivity contribution in [1.29, 1.82) is 0 Å². The number of fused-ring (bicyclic) bond motifs is 1. The Balaban J connectivity index is 2.17. The zero-order chi connectivity index (χ0) is 16.8. The minimum atomic E-state index is -4.15. The van der Waals surface area contributed by atoms with E-state index in [1.165, 1.54) is 18.3 Å². The van der Waals surface area contributed by atoms with Gasteiger partial charge in [-0.05, 0) is 30.3 Å². The number of sulfonamides is 1. The van der Waals surface area contributed by atoms with Crippen molar-refractivity contribution in [1.82, 2.24) is 4.98 Å². The van der Waals surface area contributed by atoms with Crippen molar-refractivity contribution in [2.75, 3.05) is 11.4 Å². The third-order valence-corrected chi connectivity index (χ3v) is 5.53. The molecule has 0 aliphatic rings. The average Bonchev–Trinajstić information content (AvgIpc) is 2.90. The van der Waals surface area contributed by atoms with Crippen LogP contribution >= 0.6 is 11.6 Å². The summed E-state index contributed by atoms with van der Waals surface area (Å²) in [5, 5.41) is 0.829. The fraction of sp³-hybridized carbons (Fsp3) is 0.0667. The maximum atomic E-state index is 13.9. The second-order valence-corrected chi connectivity index (χ2v) is 7.26. The SMILES string of the molecule is CN(c1c(F)cccc1F)S(=O)(=O)c1c[nH]c2cc(Cl)ccc12. The molecule has 0 unspecified atom stereocenters. The van der Waals surface area contributed by atoms with Crippen LogP contribution in [-0.4, -0.2) is 20.4 Å². The van der Waals surface area contributed by atoms with Crippen molar-refractivity contribution in [3.8, 4) is 0 Å². The summed E-state index contributed by atoms with van der Waals surface area (Å²) in [6, 6.07) is 7.81. The summed E-state index contributed by atoms with van der Waals surface area (Å²) >= 11 is 5.86. The fourth-order valence-corrected chi connectivity index (χ4v) is 3.89. The van der Waals surface area contributed by atoms with Gasteiger partial charge in [0.1, 0.15) is 10.6 Å². The van der Waals surface area contributed by atoms with Crippen LogP contribution in [-0.2, 0) is 10.0 Å². The van der Waals surface area contributed by atoms with Crippen LogP contribution in [0.4, 0.5) is 14.5 Å². The Morgan fingerprint density at radius 2 is 1.78 bits per heavy atom. The zero-order valence-electron chi connectivity index (χ0n) is 11.8. The Kier molecular flexibility index (Phi) is 3.77. The summed E-state index contributed by atoms with van der Waals surface area (Å²) in [4.78, 5) is 2.70. The number of para-hydroxylation sites is 1. The molecule has 0 radical (unpaired) electrons. The number of hydrogen-bond acceptors (Lipinski definition) is 2. The highest BCUT2D eigenvalue weighted by Crippen LogP contribution is 2.31. The minimum absolute atomic E-state index is 0.0886.